The molecule has 1 rings (SSSR count). The van der Waals surface area contributed by atoms with Crippen LogP contribution in [0.15, 0.2) is 18.2 Å². The third-order valence-electron chi connectivity index (χ3n) is 2.75. The predicted molar refractivity (Wildman–Crippen MR) is 78.7 cm³/mol. The minimum absolute atomic E-state index is 0.118. The van der Waals surface area contributed by atoms with Gasteiger partial charge in [0.25, 0.3) is 0 Å². The lowest BCUT2D eigenvalue weighted by Crippen LogP contribution is -2.42. The van der Waals surface area contributed by atoms with Crippen LogP contribution in [0, 0.1) is 6.92 Å². The fraction of sp³-hybridized carbons (Fsp3) is 0.600. The molecular weight excluding hydrogens is 246 g/mol. The molecule has 0 aliphatic carbocycles. The van der Waals surface area contributed by atoms with E-state index < -0.39 is 0 Å². The number of nitrogens with one attached hydrogen (secondary N) is 1. The maximum atomic E-state index is 6.00. The van der Waals surface area contributed by atoms with Gasteiger partial charge in [0.05, 0.1) is 0 Å². The zero-order valence-electron chi connectivity index (χ0n) is 12.0. The molecule has 1 atom stereocenters. The highest BCUT2D eigenvalue weighted by Gasteiger charge is 2.14. The Balaban J connectivity index is 2.59. The zero-order valence-corrected chi connectivity index (χ0v) is 12.8. The number of hydrogen-bond donors (Lipinski definition) is 1. The molecule has 0 heterocycles. The summed E-state index contributed by atoms with van der Waals surface area (Å²) in [6.07, 6.45) is 1.16. The van der Waals surface area contributed by atoms with Crippen molar-refractivity contribution in [3.8, 4) is 5.75 Å². The van der Waals surface area contributed by atoms with Crippen LogP contribution in [0.2, 0.25) is 5.02 Å². The Labute approximate surface area is 116 Å². The van der Waals surface area contributed by atoms with E-state index in [0.29, 0.717) is 0 Å². The molecule has 0 aliphatic rings. The van der Waals surface area contributed by atoms with Crippen LogP contribution in [-0.4, -0.2) is 18.2 Å². The average Bonchev–Trinajstić information content (AvgIpc) is 2.28. The fourth-order valence-electron chi connectivity index (χ4n) is 1.57. The highest BCUT2D eigenvalue weighted by atomic mass is 35.5. The zero-order chi connectivity index (χ0) is 13.8. The first-order valence-electron chi connectivity index (χ1n) is 6.49. The Morgan fingerprint density at radius 3 is 2.50 bits per heavy atom. The summed E-state index contributed by atoms with van der Waals surface area (Å²) in [6.45, 7) is 11.5. The van der Waals surface area contributed by atoms with Gasteiger partial charge in [-0.3, -0.25) is 0 Å². The van der Waals surface area contributed by atoms with Crippen LogP contribution < -0.4 is 10.1 Å². The number of ether oxygens (including phenoxy) is 1. The third kappa shape index (κ3) is 5.28. The first-order chi connectivity index (χ1) is 8.31. The van der Waals surface area contributed by atoms with Crippen molar-refractivity contribution in [3.63, 3.8) is 0 Å². The Kier molecular flexibility index (Phi) is 5.48. The second-order valence-corrected chi connectivity index (χ2v) is 6.10. The molecule has 0 spiro atoms. The molecule has 0 fully saturated rings. The van der Waals surface area contributed by atoms with Gasteiger partial charge in [0.1, 0.15) is 11.9 Å². The molecule has 0 saturated heterocycles. The highest BCUT2D eigenvalue weighted by molar-refractivity contribution is 6.31. The van der Waals surface area contributed by atoms with Gasteiger partial charge >= 0.3 is 0 Å². The summed E-state index contributed by atoms with van der Waals surface area (Å²) >= 11 is 6.00. The van der Waals surface area contributed by atoms with E-state index in [1.54, 1.807) is 0 Å². The molecule has 0 amide bonds. The van der Waals surface area contributed by atoms with Crippen molar-refractivity contribution in [3.05, 3.63) is 28.8 Å². The molecule has 1 aromatic rings. The molecule has 0 aromatic heterocycles. The smallest absolute Gasteiger partial charge is 0.120 e. The van der Waals surface area contributed by atoms with Crippen molar-refractivity contribution in [1.82, 2.24) is 5.32 Å². The molecule has 3 heteroatoms. The molecular formula is C15H24ClNO. The van der Waals surface area contributed by atoms with Crippen LogP contribution in [0.3, 0.4) is 0 Å². The van der Waals surface area contributed by atoms with Gasteiger partial charge in [-0.2, -0.15) is 0 Å². The SMILES string of the molecule is CCC(CNC(C)(C)C)Oc1ccc(Cl)c(C)c1. The van der Waals surface area contributed by atoms with Crippen molar-refractivity contribution in [1.29, 1.82) is 0 Å². The van der Waals surface area contributed by atoms with Gasteiger partial charge in [-0.15, -0.1) is 0 Å². The maximum Gasteiger partial charge on any atom is 0.120 e. The van der Waals surface area contributed by atoms with E-state index >= 15 is 0 Å². The molecule has 0 saturated carbocycles. The number of benzene rings is 1. The minimum Gasteiger partial charge on any atom is -0.489 e. The number of hydrogen-bond acceptors (Lipinski definition) is 2. The van der Waals surface area contributed by atoms with Gasteiger partial charge in [0, 0.05) is 17.1 Å². The standard InChI is InChI=1S/C15H24ClNO/c1-6-12(10-17-15(3,4)5)18-13-7-8-14(16)11(2)9-13/h7-9,12,17H,6,10H2,1-5H3. The third-order valence-corrected chi connectivity index (χ3v) is 3.17. The fourth-order valence-corrected chi connectivity index (χ4v) is 1.69. The Bertz CT molecular complexity index is 385. The molecule has 102 valence electrons. The van der Waals surface area contributed by atoms with E-state index in [2.05, 4.69) is 33.0 Å². The van der Waals surface area contributed by atoms with E-state index in [4.69, 9.17) is 16.3 Å². The number of aryl methyl sites for hydroxylation is 1. The molecule has 1 N–H and O–H groups in total. The van der Waals surface area contributed by atoms with Crippen molar-refractivity contribution >= 4 is 11.6 Å². The van der Waals surface area contributed by atoms with Gasteiger partial charge in [0.15, 0.2) is 0 Å². The lowest BCUT2D eigenvalue weighted by Gasteiger charge is -2.25. The van der Waals surface area contributed by atoms with E-state index in [0.717, 1.165) is 29.3 Å². The Morgan fingerprint density at radius 1 is 1.33 bits per heavy atom. The second-order valence-electron chi connectivity index (χ2n) is 5.69. The highest BCUT2D eigenvalue weighted by Crippen LogP contribution is 2.22. The van der Waals surface area contributed by atoms with E-state index in [9.17, 15) is 0 Å². The summed E-state index contributed by atoms with van der Waals surface area (Å²) in [4.78, 5) is 0. The largest absolute Gasteiger partial charge is 0.489 e. The summed E-state index contributed by atoms with van der Waals surface area (Å²) in [7, 11) is 0. The molecule has 1 aromatic carbocycles. The Hall–Kier alpha value is -0.730. The van der Waals surface area contributed by atoms with Gasteiger partial charge in [0.2, 0.25) is 0 Å². The molecule has 1 unspecified atom stereocenters. The summed E-state index contributed by atoms with van der Waals surface area (Å²) in [5, 5.41) is 4.25. The van der Waals surface area contributed by atoms with E-state index in [1.807, 2.05) is 25.1 Å². The molecule has 2 nitrogen and oxygen atoms in total. The van der Waals surface area contributed by atoms with Crippen molar-refractivity contribution < 1.29 is 4.74 Å². The lowest BCUT2D eigenvalue weighted by molar-refractivity contribution is 0.181. The van der Waals surface area contributed by atoms with Gasteiger partial charge < -0.3 is 10.1 Å². The van der Waals surface area contributed by atoms with Crippen molar-refractivity contribution in [2.45, 2.75) is 52.7 Å². The monoisotopic (exact) mass is 269 g/mol. The van der Waals surface area contributed by atoms with Crippen LogP contribution in [0.5, 0.6) is 5.75 Å². The molecule has 0 aliphatic heterocycles. The van der Waals surface area contributed by atoms with Crippen molar-refractivity contribution in [2.24, 2.45) is 0 Å². The van der Waals surface area contributed by atoms with E-state index in [1.165, 1.54) is 0 Å². The summed E-state index contributed by atoms with van der Waals surface area (Å²) in [6, 6.07) is 5.80. The number of rotatable bonds is 5. The first kappa shape index (κ1) is 15.3. The Morgan fingerprint density at radius 2 is 2.00 bits per heavy atom. The second kappa shape index (κ2) is 6.44. The van der Waals surface area contributed by atoms with Crippen LogP contribution in [0.1, 0.15) is 39.7 Å². The summed E-state index contributed by atoms with van der Waals surface area (Å²) < 4.78 is 5.97. The first-order valence-corrected chi connectivity index (χ1v) is 6.87. The van der Waals surface area contributed by atoms with Gasteiger partial charge in [-0.05, 0) is 57.9 Å². The number of halogens is 1. The lowest BCUT2D eigenvalue weighted by atomic mass is 10.1. The van der Waals surface area contributed by atoms with Gasteiger partial charge in [-0.1, -0.05) is 18.5 Å². The topological polar surface area (TPSA) is 21.3 Å². The minimum atomic E-state index is 0.118. The van der Waals surface area contributed by atoms with Crippen LogP contribution in [-0.2, 0) is 0 Å². The normalized spacial score (nSPS) is 13.4. The molecule has 0 bridgehead atoms. The van der Waals surface area contributed by atoms with Crippen LogP contribution in [0.25, 0.3) is 0 Å². The maximum absolute atomic E-state index is 6.00. The van der Waals surface area contributed by atoms with Gasteiger partial charge in [-0.25, -0.2) is 0 Å². The molecule has 18 heavy (non-hydrogen) atoms. The quantitative estimate of drug-likeness (QED) is 0.865. The summed E-state index contributed by atoms with van der Waals surface area (Å²) in [5.41, 5.74) is 1.17. The van der Waals surface area contributed by atoms with Crippen molar-refractivity contribution in [2.75, 3.05) is 6.54 Å². The average molecular weight is 270 g/mol. The van der Waals surface area contributed by atoms with E-state index in [-0.39, 0.29) is 11.6 Å². The summed E-state index contributed by atoms with van der Waals surface area (Å²) in [5.74, 6) is 0.888. The molecule has 0 radical (unpaired) electrons. The predicted octanol–water partition coefficient (Wildman–Crippen LogP) is 4.19. The van der Waals surface area contributed by atoms with Crippen LogP contribution >= 0.6 is 11.6 Å². The van der Waals surface area contributed by atoms with Crippen LogP contribution in [0.4, 0.5) is 0 Å².